The van der Waals surface area contributed by atoms with Gasteiger partial charge in [-0.25, -0.2) is 4.98 Å². The Morgan fingerprint density at radius 3 is 2.38 bits per heavy atom. The lowest BCUT2D eigenvalue weighted by molar-refractivity contribution is -0.155. The molecule has 1 rings (SSSR count). The van der Waals surface area contributed by atoms with Gasteiger partial charge >= 0.3 is 5.97 Å². The fourth-order valence-corrected chi connectivity index (χ4v) is 4.04. The van der Waals surface area contributed by atoms with Crippen LogP contribution in [0.4, 0.5) is 0 Å². The van der Waals surface area contributed by atoms with E-state index in [0.29, 0.717) is 6.42 Å². The van der Waals surface area contributed by atoms with E-state index >= 15 is 0 Å². The summed E-state index contributed by atoms with van der Waals surface area (Å²) in [4.78, 5) is 16.4. The maximum absolute atomic E-state index is 12.5. The smallest absolute Gasteiger partial charge is 0.314 e. The van der Waals surface area contributed by atoms with Crippen LogP contribution in [-0.4, -0.2) is 32.5 Å². The molecule has 0 unspecified atom stereocenters. The van der Waals surface area contributed by atoms with Crippen molar-refractivity contribution in [3.05, 3.63) is 54.3 Å². The Kier molecular flexibility index (Phi) is 8.84. The van der Waals surface area contributed by atoms with Gasteiger partial charge in [-0.2, -0.15) is 0 Å². The molecule has 0 radical (unpaired) electrons. The van der Waals surface area contributed by atoms with Gasteiger partial charge in [-0.05, 0) is 44.5 Å². The van der Waals surface area contributed by atoms with Crippen molar-refractivity contribution in [2.75, 3.05) is 7.11 Å². The highest BCUT2D eigenvalue weighted by Crippen LogP contribution is 2.41. The first-order chi connectivity index (χ1) is 13.3. The Balaban J connectivity index is 3.01. The summed E-state index contributed by atoms with van der Waals surface area (Å²) in [5.74, 6) is 0.550. The van der Waals surface area contributed by atoms with Crippen LogP contribution < -0.4 is 0 Å². The number of methoxy groups -OCH3 is 1. The van der Waals surface area contributed by atoms with Gasteiger partial charge in [0.05, 0.1) is 24.8 Å². The number of oxazole rings is 1. The van der Waals surface area contributed by atoms with Crippen LogP contribution in [0.5, 0.6) is 0 Å². The Labute approximate surface area is 177 Å². The number of carbonyl (C=O) groups excluding carboxylic acids is 1. The number of ether oxygens (including phenoxy) is 1. The van der Waals surface area contributed by atoms with Crippen molar-refractivity contribution >= 4 is 14.3 Å². The zero-order valence-electron chi connectivity index (χ0n) is 19.4. The van der Waals surface area contributed by atoms with Crippen molar-refractivity contribution < 1.29 is 18.4 Å². The highest BCUT2D eigenvalue weighted by atomic mass is 28.4. The summed E-state index contributed by atoms with van der Waals surface area (Å²) in [7, 11) is -0.671. The van der Waals surface area contributed by atoms with Gasteiger partial charge in [-0.15, -0.1) is 0 Å². The minimum Gasteiger partial charge on any atom is -0.469 e. The number of carbonyl (C=O) groups is 1. The molecule has 1 aromatic rings. The van der Waals surface area contributed by atoms with Crippen molar-refractivity contribution in [2.24, 2.45) is 5.41 Å². The predicted molar refractivity (Wildman–Crippen MR) is 120 cm³/mol. The van der Waals surface area contributed by atoms with Gasteiger partial charge < -0.3 is 13.6 Å². The summed E-state index contributed by atoms with van der Waals surface area (Å²) in [6, 6.07) is 0. The highest BCUT2D eigenvalue weighted by Gasteiger charge is 2.46. The molecule has 0 bridgehead atoms. The predicted octanol–water partition coefficient (Wildman–Crippen LogP) is 5.87. The van der Waals surface area contributed by atoms with E-state index < -0.39 is 13.7 Å². The molecule has 0 amide bonds. The lowest BCUT2D eigenvalue weighted by atomic mass is 9.83. The van der Waals surface area contributed by atoms with Gasteiger partial charge in [0.1, 0.15) is 5.76 Å². The first-order valence-corrected chi connectivity index (χ1v) is 12.9. The molecule has 6 heteroatoms. The van der Waals surface area contributed by atoms with E-state index in [1.807, 2.05) is 51.2 Å². The summed E-state index contributed by atoms with van der Waals surface area (Å²) >= 11 is 0. The molecule has 0 aliphatic carbocycles. The summed E-state index contributed by atoms with van der Waals surface area (Å²) in [5.41, 5.74) is 0.200. The monoisotopic (exact) mass is 419 g/mol. The lowest BCUT2D eigenvalue weighted by Crippen LogP contribution is -2.50. The Hall–Kier alpha value is -1.92. The quantitative estimate of drug-likeness (QED) is 0.285. The van der Waals surface area contributed by atoms with E-state index in [2.05, 4.69) is 38.8 Å². The summed E-state index contributed by atoms with van der Waals surface area (Å²) < 4.78 is 16.9. The van der Waals surface area contributed by atoms with Crippen LogP contribution in [0.3, 0.4) is 0 Å². The third kappa shape index (κ3) is 7.12. The Bertz CT molecular complexity index is 737. The number of esters is 1. The fraction of sp³-hybridized carbons (Fsp3) is 0.565. The van der Waals surface area contributed by atoms with E-state index in [-0.39, 0.29) is 17.1 Å². The molecule has 5 nitrogen and oxygen atoms in total. The number of allylic oxidation sites excluding steroid dienone is 5. The first-order valence-electron chi connectivity index (χ1n) is 9.96. The van der Waals surface area contributed by atoms with Gasteiger partial charge in [0.15, 0.2) is 14.7 Å². The molecule has 0 saturated carbocycles. The van der Waals surface area contributed by atoms with Gasteiger partial charge in [-0.1, -0.05) is 51.2 Å². The van der Waals surface area contributed by atoms with Crippen LogP contribution in [0, 0.1) is 5.41 Å². The summed E-state index contributed by atoms with van der Waals surface area (Å²) in [6.07, 6.45) is 13.3. The lowest BCUT2D eigenvalue weighted by Gasteiger charge is -2.43. The molecule has 1 aromatic heterocycles. The second-order valence-corrected chi connectivity index (χ2v) is 14.1. The van der Waals surface area contributed by atoms with Crippen LogP contribution in [0.25, 0.3) is 0 Å². The van der Waals surface area contributed by atoms with Crippen molar-refractivity contribution in [3.63, 3.8) is 0 Å². The highest BCUT2D eigenvalue weighted by molar-refractivity contribution is 6.74. The molecule has 1 atom stereocenters. The topological polar surface area (TPSA) is 61.6 Å². The molecule has 0 fully saturated rings. The van der Waals surface area contributed by atoms with Crippen LogP contribution in [0.2, 0.25) is 18.1 Å². The maximum atomic E-state index is 12.5. The van der Waals surface area contributed by atoms with E-state index in [1.54, 1.807) is 6.20 Å². The van der Waals surface area contributed by atoms with E-state index in [9.17, 15) is 4.79 Å². The van der Waals surface area contributed by atoms with Crippen molar-refractivity contribution in [1.29, 1.82) is 0 Å². The van der Waals surface area contributed by atoms with Gasteiger partial charge in [0.2, 0.25) is 0 Å². The zero-order valence-corrected chi connectivity index (χ0v) is 20.4. The standard InChI is InChI=1S/C23H37NO4Si/c1-18(14-12-10-11-13-15-19-16-24-17-27-19)20(23(5,6)21(25)26-7)28-29(8,9)22(2,3)4/h10-14,16-17,20H,15H2,1-9H3/b12-10-,13-11+,18-14-/t20-/m1/s1. The zero-order chi connectivity index (χ0) is 22.3. The average Bonchev–Trinajstić information content (AvgIpc) is 3.13. The minimum atomic E-state index is -2.09. The van der Waals surface area contributed by atoms with Crippen LogP contribution in [-0.2, 0) is 20.4 Å². The van der Waals surface area contributed by atoms with Crippen LogP contribution in [0.15, 0.2) is 53.0 Å². The largest absolute Gasteiger partial charge is 0.469 e. The number of hydrogen-bond donors (Lipinski definition) is 0. The van der Waals surface area contributed by atoms with E-state index in [1.165, 1.54) is 13.5 Å². The third-order valence-corrected chi connectivity index (χ3v) is 9.96. The Morgan fingerprint density at radius 1 is 1.21 bits per heavy atom. The maximum Gasteiger partial charge on any atom is 0.314 e. The summed E-state index contributed by atoms with van der Waals surface area (Å²) in [6.45, 7) is 16.7. The summed E-state index contributed by atoms with van der Waals surface area (Å²) in [5, 5.41) is 0.0387. The first kappa shape index (κ1) is 25.1. The number of hydrogen-bond acceptors (Lipinski definition) is 5. The molecule has 0 N–H and O–H groups in total. The molecule has 0 aliphatic heterocycles. The van der Waals surface area contributed by atoms with Gasteiger partial charge in [-0.3, -0.25) is 4.79 Å². The molecule has 0 spiro atoms. The second kappa shape index (κ2) is 10.2. The van der Waals surface area contributed by atoms with Crippen LogP contribution in [0.1, 0.15) is 47.3 Å². The number of nitrogens with zero attached hydrogens (tertiary/aromatic N) is 1. The molecule has 0 saturated heterocycles. The minimum absolute atomic E-state index is 0.0387. The van der Waals surface area contributed by atoms with Crippen molar-refractivity contribution in [3.8, 4) is 0 Å². The molecule has 0 aromatic carbocycles. The molecule has 29 heavy (non-hydrogen) atoms. The van der Waals surface area contributed by atoms with Crippen LogP contribution >= 0.6 is 0 Å². The third-order valence-electron chi connectivity index (χ3n) is 5.52. The SMILES string of the molecule is COC(=O)C(C)(C)[C@H](O[Si](C)(C)C(C)(C)C)\C(C)=C/C=C\C=C\Cc1cnco1. The van der Waals surface area contributed by atoms with Gasteiger partial charge in [0, 0.05) is 6.42 Å². The second-order valence-electron chi connectivity index (χ2n) is 9.37. The molecular formula is C23H37NO4Si. The fourth-order valence-electron chi connectivity index (χ4n) is 2.62. The normalized spacial score (nSPS) is 15.3. The number of rotatable bonds is 9. The molecule has 0 aliphatic rings. The van der Waals surface area contributed by atoms with Gasteiger partial charge in [0.25, 0.3) is 0 Å². The molecule has 162 valence electrons. The van der Waals surface area contributed by atoms with E-state index in [0.717, 1.165) is 11.3 Å². The molecular weight excluding hydrogens is 382 g/mol. The average molecular weight is 420 g/mol. The van der Waals surface area contributed by atoms with E-state index in [4.69, 9.17) is 13.6 Å². The van der Waals surface area contributed by atoms with Crippen molar-refractivity contribution in [1.82, 2.24) is 4.98 Å². The van der Waals surface area contributed by atoms with Crippen molar-refractivity contribution in [2.45, 2.75) is 72.2 Å². The number of aromatic nitrogens is 1. The Morgan fingerprint density at radius 2 is 1.86 bits per heavy atom. The molecule has 1 heterocycles.